The van der Waals surface area contributed by atoms with Crippen molar-refractivity contribution in [2.75, 3.05) is 12.4 Å². The normalized spacial score (nSPS) is 13.9. The molecule has 0 bridgehead atoms. The lowest BCUT2D eigenvalue weighted by Gasteiger charge is -2.19. The molecule has 8 nitrogen and oxygen atoms in total. The summed E-state index contributed by atoms with van der Waals surface area (Å²) in [6.07, 6.45) is -0.204. The van der Waals surface area contributed by atoms with Gasteiger partial charge in [0.05, 0.1) is 28.5 Å². The fourth-order valence-corrected chi connectivity index (χ4v) is 6.28. The number of benzene rings is 3. The van der Waals surface area contributed by atoms with Crippen LogP contribution in [-0.2, 0) is 19.4 Å². The van der Waals surface area contributed by atoms with Gasteiger partial charge in [0.15, 0.2) is 26.5 Å². The number of thiazole rings is 1. The maximum Gasteiger partial charge on any atom is 0.337 e. The van der Waals surface area contributed by atoms with E-state index in [2.05, 4.69) is 10.3 Å². The minimum absolute atomic E-state index is 0.119. The standard InChI is InChI=1S/C28H22F2N2O6S2/c1-37-27(34)18-4-2-16(3-5-18)23-15-39-28(31-23)32-26(33)25(38-24-13-8-19(29)14-22(24)30)17-6-9-20(10-7-17)40(35,36)21-11-12-21/h2-10,13-15,21,25H,11-12H2,1H3,(H,31,32,33). The van der Waals surface area contributed by atoms with Crippen molar-refractivity contribution < 1.29 is 36.3 Å². The first-order valence-corrected chi connectivity index (χ1v) is 14.5. The van der Waals surface area contributed by atoms with Gasteiger partial charge in [-0.05, 0) is 49.2 Å². The van der Waals surface area contributed by atoms with Crippen molar-refractivity contribution in [1.29, 1.82) is 0 Å². The predicted molar refractivity (Wildman–Crippen MR) is 144 cm³/mol. The Balaban J connectivity index is 1.39. The number of carbonyl (C=O) groups is 2. The van der Waals surface area contributed by atoms with E-state index in [1.54, 1.807) is 29.6 Å². The van der Waals surface area contributed by atoms with Crippen LogP contribution in [0.3, 0.4) is 0 Å². The second kappa shape index (κ2) is 11.1. The lowest BCUT2D eigenvalue weighted by Crippen LogP contribution is -2.26. The van der Waals surface area contributed by atoms with Crippen LogP contribution in [0.4, 0.5) is 13.9 Å². The quantitative estimate of drug-likeness (QED) is 0.256. The summed E-state index contributed by atoms with van der Waals surface area (Å²) in [5.74, 6) is -3.35. The number of nitrogens with one attached hydrogen (secondary N) is 1. The molecular formula is C28H22F2N2O6S2. The number of halogens is 2. The second-order valence-corrected chi connectivity index (χ2v) is 12.1. The van der Waals surface area contributed by atoms with Crippen LogP contribution in [0.2, 0.25) is 0 Å². The molecule has 0 radical (unpaired) electrons. The van der Waals surface area contributed by atoms with Crippen LogP contribution in [0.15, 0.2) is 77.0 Å². The summed E-state index contributed by atoms with van der Waals surface area (Å²) >= 11 is 1.13. The Kier molecular flexibility index (Phi) is 7.63. The SMILES string of the molecule is COC(=O)c1ccc(-c2csc(NC(=O)C(Oc3ccc(F)cc3F)c3ccc(S(=O)(=O)C4CC4)cc3)n2)cc1. The number of amides is 1. The molecule has 12 heteroatoms. The van der Waals surface area contributed by atoms with Crippen LogP contribution in [0, 0.1) is 11.6 Å². The van der Waals surface area contributed by atoms with Crippen LogP contribution >= 0.6 is 11.3 Å². The molecule has 1 fully saturated rings. The van der Waals surface area contributed by atoms with Gasteiger partial charge in [0.25, 0.3) is 5.91 Å². The van der Waals surface area contributed by atoms with E-state index in [4.69, 9.17) is 9.47 Å². The highest BCUT2D eigenvalue weighted by Crippen LogP contribution is 2.35. The van der Waals surface area contributed by atoms with Crippen molar-refractivity contribution in [1.82, 2.24) is 4.98 Å². The molecule has 0 aliphatic heterocycles. The molecule has 4 aromatic rings. The zero-order valence-electron chi connectivity index (χ0n) is 21.0. The molecule has 1 aromatic heterocycles. The maximum absolute atomic E-state index is 14.4. The largest absolute Gasteiger partial charge is 0.473 e. The number of anilines is 1. The summed E-state index contributed by atoms with van der Waals surface area (Å²) in [6, 6.07) is 14.9. The molecule has 5 rings (SSSR count). The summed E-state index contributed by atoms with van der Waals surface area (Å²) in [5.41, 5.74) is 1.86. The second-order valence-electron chi connectivity index (χ2n) is 8.98. The van der Waals surface area contributed by atoms with E-state index in [1.165, 1.54) is 31.4 Å². The van der Waals surface area contributed by atoms with E-state index in [9.17, 15) is 26.8 Å². The van der Waals surface area contributed by atoms with Gasteiger partial charge in [0.1, 0.15) is 5.82 Å². The zero-order chi connectivity index (χ0) is 28.4. The molecule has 3 aromatic carbocycles. The smallest absolute Gasteiger partial charge is 0.337 e. The molecule has 0 saturated heterocycles. The summed E-state index contributed by atoms with van der Waals surface area (Å²) in [6.45, 7) is 0. The van der Waals surface area contributed by atoms with Gasteiger partial charge in [-0.2, -0.15) is 0 Å². The first-order valence-electron chi connectivity index (χ1n) is 12.1. The Morgan fingerprint density at radius 1 is 1.02 bits per heavy atom. The van der Waals surface area contributed by atoms with Crippen molar-refractivity contribution >= 4 is 38.2 Å². The molecule has 1 unspecified atom stereocenters. The molecular weight excluding hydrogens is 562 g/mol. The van der Waals surface area contributed by atoms with Crippen molar-refractivity contribution in [2.45, 2.75) is 29.1 Å². The lowest BCUT2D eigenvalue weighted by molar-refractivity contribution is -0.123. The molecule has 1 N–H and O–H groups in total. The Labute approximate surface area is 232 Å². The van der Waals surface area contributed by atoms with Crippen molar-refractivity contribution in [3.8, 4) is 17.0 Å². The van der Waals surface area contributed by atoms with Gasteiger partial charge in [-0.25, -0.2) is 27.0 Å². The number of nitrogens with zero attached hydrogens (tertiary/aromatic N) is 1. The molecule has 1 aliphatic rings. The van der Waals surface area contributed by atoms with Crippen molar-refractivity contribution in [3.05, 3.63) is 94.9 Å². The maximum atomic E-state index is 14.4. The van der Waals surface area contributed by atoms with E-state index in [0.717, 1.165) is 23.5 Å². The van der Waals surface area contributed by atoms with Crippen LogP contribution in [0.25, 0.3) is 11.3 Å². The van der Waals surface area contributed by atoms with Gasteiger partial charge in [0, 0.05) is 22.6 Å². The van der Waals surface area contributed by atoms with Crippen LogP contribution < -0.4 is 10.1 Å². The zero-order valence-corrected chi connectivity index (χ0v) is 22.6. The highest BCUT2D eigenvalue weighted by atomic mass is 32.2. The van der Waals surface area contributed by atoms with Crippen molar-refractivity contribution in [2.24, 2.45) is 0 Å². The number of carbonyl (C=O) groups excluding carboxylic acids is 2. The number of hydrogen-bond acceptors (Lipinski definition) is 8. The average Bonchev–Trinajstić information content (AvgIpc) is 3.72. The first kappa shape index (κ1) is 27.4. The topological polar surface area (TPSA) is 112 Å². The Hall–Kier alpha value is -4.16. The Bertz CT molecular complexity index is 1670. The van der Waals surface area contributed by atoms with Crippen LogP contribution in [0.5, 0.6) is 5.75 Å². The molecule has 1 heterocycles. The minimum Gasteiger partial charge on any atom is -0.473 e. The Morgan fingerprint density at radius 3 is 2.35 bits per heavy atom. The summed E-state index contributed by atoms with van der Waals surface area (Å²) in [7, 11) is -2.17. The minimum atomic E-state index is -3.46. The first-order chi connectivity index (χ1) is 19.2. The summed E-state index contributed by atoms with van der Waals surface area (Å²) < 4.78 is 63.4. The van der Waals surface area contributed by atoms with Crippen LogP contribution in [0.1, 0.15) is 34.9 Å². The third-order valence-electron chi connectivity index (χ3n) is 6.19. The monoisotopic (exact) mass is 584 g/mol. The number of aromatic nitrogens is 1. The van der Waals surface area contributed by atoms with Gasteiger partial charge in [-0.15, -0.1) is 11.3 Å². The number of sulfone groups is 1. The van der Waals surface area contributed by atoms with Gasteiger partial charge in [0.2, 0.25) is 6.10 Å². The Morgan fingerprint density at radius 2 is 1.73 bits per heavy atom. The number of rotatable bonds is 9. The third kappa shape index (κ3) is 5.87. The molecule has 1 aliphatic carbocycles. The molecule has 1 amide bonds. The molecule has 0 spiro atoms. The summed E-state index contributed by atoms with van der Waals surface area (Å²) in [4.78, 5) is 29.6. The van der Waals surface area contributed by atoms with E-state index in [0.29, 0.717) is 35.7 Å². The molecule has 206 valence electrons. The van der Waals surface area contributed by atoms with E-state index >= 15 is 0 Å². The van der Waals surface area contributed by atoms with Gasteiger partial charge >= 0.3 is 5.97 Å². The fraction of sp³-hybridized carbons (Fsp3) is 0.179. The highest BCUT2D eigenvalue weighted by Gasteiger charge is 2.37. The summed E-state index contributed by atoms with van der Waals surface area (Å²) in [5, 5.41) is 4.17. The molecule has 1 atom stereocenters. The predicted octanol–water partition coefficient (Wildman–Crippen LogP) is 5.57. The van der Waals surface area contributed by atoms with Gasteiger partial charge < -0.3 is 9.47 Å². The molecule has 1 saturated carbocycles. The molecule has 40 heavy (non-hydrogen) atoms. The van der Waals surface area contributed by atoms with E-state index in [1.807, 2.05) is 0 Å². The van der Waals surface area contributed by atoms with Crippen molar-refractivity contribution in [3.63, 3.8) is 0 Å². The number of methoxy groups -OCH3 is 1. The van der Waals surface area contributed by atoms with E-state index in [-0.39, 0.29) is 21.3 Å². The van der Waals surface area contributed by atoms with Gasteiger partial charge in [-0.3, -0.25) is 10.1 Å². The average molecular weight is 585 g/mol. The highest BCUT2D eigenvalue weighted by molar-refractivity contribution is 7.92. The third-order valence-corrected chi connectivity index (χ3v) is 9.22. The van der Waals surface area contributed by atoms with Gasteiger partial charge in [-0.1, -0.05) is 24.3 Å². The van der Waals surface area contributed by atoms with E-state index < -0.39 is 44.7 Å². The number of esters is 1. The number of ether oxygens (including phenoxy) is 2. The van der Waals surface area contributed by atoms with Crippen LogP contribution in [-0.4, -0.2) is 37.6 Å². The lowest BCUT2D eigenvalue weighted by atomic mass is 10.1. The number of hydrogen-bond donors (Lipinski definition) is 1. The fourth-order valence-electron chi connectivity index (χ4n) is 3.90.